The second-order valence-electron chi connectivity index (χ2n) is 17.4. The predicted octanol–water partition coefficient (Wildman–Crippen LogP) is 17.6. The van der Waals surface area contributed by atoms with Crippen molar-refractivity contribution in [3.8, 4) is 68.8 Å². The van der Waals surface area contributed by atoms with Gasteiger partial charge in [0.1, 0.15) is 23.0 Å². The number of rotatable bonds is 36. The van der Waals surface area contributed by atoms with Crippen LogP contribution in [-0.4, -0.2) is 46.8 Å². The first kappa shape index (κ1) is 53.1. The van der Waals surface area contributed by atoms with Crippen LogP contribution in [0.15, 0.2) is 66.3 Å². The summed E-state index contributed by atoms with van der Waals surface area (Å²) in [7, 11) is 0. The lowest BCUT2D eigenvalue weighted by molar-refractivity contribution is 0.295. The van der Waals surface area contributed by atoms with Gasteiger partial charge >= 0.3 is 0 Å². The normalized spacial score (nSPS) is 11.4. The lowest BCUT2D eigenvalue weighted by Gasteiger charge is -2.14. The van der Waals surface area contributed by atoms with E-state index >= 15 is 0 Å². The van der Waals surface area contributed by atoms with Crippen molar-refractivity contribution in [3.05, 3.63) is 57.5 Å². The van der Waals surface area contributed by atoms with Gasteiger partial charge in [-0.2, -0.15) is 0 Å². The molecule has 0 aliphatic carbocycles. The smallest absolute Gasteiger partial charge is 0.252 e. The van der Waals surface area contributed by atoms with Gasteiger partial charge in [-0.05, 0) is 106 Å². The van der Waals surface area contributed by atoms with E-state index in [-0.39, 0.29) is 0 Å². The molecule has 10 nitrogen and oxygen atoms in total. The van der Waals surface area contributed by atoms with Gasteiger partial charge in [-0.3, -0.25) is 0 Å². The Kier molecular flexibility index (Phi) is 25.1. The van der Waals surface area contributed by atoms with Crippen LogP contribution in [0.25, 0.3) is 45.8 Å². The Labute approximate surface area is 412 Å². The first-order valence-electron chi connectivity index (χ1n) is 25.4. The van der Waals surface area contributed by atoms with Crippen LogP contribution in [-0.2, 0) is 0 Å². The van der Waals surface area contributed by atoms with Gasteiger partial charge in [-0.15, -0.1) is 20.4 Å². The minimum absolute atomic E-state index is 0.366. The molecule has 0 saturated heterocycles. The summed E-state index contributed by atoms with van der Waals surface area (Å²) >= 11 is 7.48. The maximum atomic E-state index is 6.37. The molecule has 362 valence electrons. The van der Waals surface area contributed by atoms with Crippen molar-refractivity contribution < 1.29 is 27.8 Å². The highest BCUT2D eigenvalue weighted by Gasteiger charge is 2.21. The van der Waals surface area contributed by atoms with Crippen molar-refractivity contribution in [1.82, 2.24) is 20.4 Å². The van der Waals surface area contributed by atoms with E-state index in [1.807, 2.05) is 48.5 Å². The highest BCUT2D eigenvalue weighted by atomic mass is 79.9. The summed E-state index contributed by atoms with van der Waals surface area (Å²) in [5.74, 6) is 4.32. The number of ether oxygens (including phenoxy) is 4. The van der Waals surface area contributed by atoms with Gasteiger partial charge in [0.25, 0.3) is 11.8 Å². The number of benzene rings is 3. The molecule has 0 atom stereocenters. The molecule has 0 radical (unpaired) electrons. The van der Waals surface area contributed by atoms with Gasteiger partial charge in [0.2, 0.25) is 11.8 Å². The number of halogens is 2. The van der Waals surface area contributed by atoms with E-state index in [2.05, 4.69) is 79.9 Å². The molecule has 0 N–H and O–H groups in total. The second kappa shape index (κ2) is 31.2. The van der Waals surface area contributed by atoms with Crippen LogP contribution in [0, 0.1) is 0 Å². The molecular formula is C54H76Br2N4O6. The summed E-state index contributed by atoms with van der Waals surface area (Å²) in [6, 6.07) is 15.5. The molecule has 0 spiro atoms. The van der Waals surface area contributed by atoms with Crippen LogP contribution < -0.4 is 18.9 Å². The Morgan fingerprint density at radius 3 is 0.939 bits per heavy atom. The summed E-state index contributed by atoms with van der Waals surface area (Å²) < 4.78 is 39.7. The first-order chi connectivity index (χ1) is 32.4. The topological polar surface area (TPSA) is 115 Å². The van der Waals surface area contributed by atoms with E-state index in [1.165, 1.54) is 103 Å². The molecule has 0 bridgehead atoms. The molecule has 0 unspecified atom stereocenters. The fraction of sp³-hybridized carbons (Fsp3) is 0.593. The zero-order valence-electron chi connectivity index (χ0n) is 40.4. The van der Waals surface area contributed by atoms with Gasteiger partial charge in [-0.1, -0.05) is 156 Å². The molecular weight excluding hydrogens is 960 g/mol. The van der Waals surface area contributed by atoms with Crippen LogP contribution >= 0.6 is 31.9 Å². The maximum Gasteiger partial charge on any atom is 0.252 e. The molecule has 66 heavy (non-hydrogen) atoms. The zero-order chi connectivity index (χ0) is 46.6. The zero-order valence-corrected chi connectivity index (χ0v) is 43.6. The average molecular weight is 1040 g/mol. The molecule has 2 aromatic heterocycles. The number of unbranched alkanes of at least 4 members (excludes halogenated alkanes) is 20. The SMILES string of the molecule is CCCCCCCCOc1cc(-c2nnc(-c3ccc(-c4nnc(-c5cc(OCCCCCCCC)c(Br)cc5OCCCCCCCC)o4)cc3)o2)c(OCCCCCCCC)cc1Br. The minimum Gasteiger partial charge on any atom is -0.493 e. The van der Waals surface area contributed by atoms with Gasteiger partial charge < -0.3 is 27.8 Å². The molecule has 0 saturated carbocycles. The summed E-state index contributed by atoms with van der Waals surface area (Å²) in [5, 5.41) is 17.9. The quantitative estimate of drug-likeness (QED) is 0.0359. The summed E-state index contributed by atoms with van der Waals surface area (Å²) in [4.78, 5) is 0. The molecule has 2 heterocycles. The molecule has 5 rings (SSSR count). The number of hydrogen-bond acceptors (Lipinski definition) is 10. The van der Waals surface area contributed by atoms with Crippen molar-refractivity contribution in [2.45, 2.75) is 182 Å². The van der Waals surface area contributed by atoms with Crippen LogP contribution in [0.1, 0.15) is 182 Å². The molecule has 3 aromatic carbocycles. The van der Waals surface area contributed by atoms with Gasteiger partial charge in [-0.25, -0.2) is 0 Å². The molecule has 5 aromatic rings. The summed E-state index contributed by atoms with van der Waals surface area (Å²) in [5.41, 5.74) is 2.92. The number of nitrogens with zero attached hydrogens (tertiary/aromatic N) is 4. The van der Waals surface area contributed by atoms with E-state index in [0.717, 1.165) is 82.9 Å². The molecule has 0 amide bonds. The van der Waals surface area contributed by atoms with Crippen LogP contribution in [0.3, 0.4) is 0 Å². The molecule has 0 aliphatic rings. The first-order valence-corrected chi connectivity index (χ1v) is 27.0. The lowest BCUT2D eigenvalue weighted by Crippen LogP contribution is -2.02. The third-order valence-corrected chi connectivity index (χ3v) is 13.0. The van der Waals surface area contributed by atoms with Gasteiger partial charge in [0, 0.05) is 11.1 Å². The second-order valence-corrected chi connectivity index (χ2v) is 19.1. The Morgan fingerprint density at radius 1 is 0.348 bits per heavy atom. The maximum absolute atomic E-state index is 6.37. The molecule has 0 aliphatic heterocycles. The van der Waals surface area contributed by atoms with E-state index in [0.29, 0.717) is 72.6 Å². The molecule has 12 heteroatoms. The van der Waals surface area contributed by atoms with E-state index in [1.54, 1.807) is 0 Å². The highest BCUT2D eigenvalue weighted by molar-refractivity contribution is 9.11. The minimum atomic E-state index is 0.366. The van der Waals surface area contributed by atoms with Crippen LogP contribution in [0.2, 0.25) is 0 Å². The lowest BCUT2D eigenvalue weighted by atomic mass is 10.1. The van der Waals surface area contributed by atoms with Crippen molar-refractivity contribution in [2.24, 2.45) is 0 Å². The fourth-order valence-electron chi connectivity index (χ4n) is 7.78. The third kappa shape index (κ3) is 18.0. The Bertz CT molecular complexity index is 1940. The summed E-state index contributed by atoms with van der Waals surface area (Å²) in [6.45, 7) is 11.4. The van der Waals surface area contributed by atoms with E-state index < -0.39 is 0 Å². The monoisotopic (exact) mass is 1030 g/mol. The Morgan fingerprint density at radius 2 is 0.621 bits per heavy atom. The Hall–Kier alpha value is -3.90. The van der Waals surface area contributed by atoms with Crippen molar-refractivity contribution in [1.29, 1.82) is 0 Å². The number of hydrogen-bond donors (Lipinski definition) is 0. The van der Waals surface area contributed by atoms with Gasteiger partial charge in [0.05, 0.1) is 46.5 Å². The Balaban J connectivity index is 1.30. The highest BCUT2D eigenvalue weighted by Crippen LogP contribution is 2.41. The fourth-order valence-corrected chi connectivity index (χ4v) is 8.65. The standard InChI is InChI=1S/C54H76Br2N4O6/c1-5-9-13-17-21-25-33-61-47-39-45(55)49(63-35-27-23-19-15-11-7-3)37-43(47)53-59-57-51(65-53)41-29-31-42(32-30-41)52-58-60-54(66-52)44-38-50(64-36-28-24-20-16-12-8-4)46(56)40-48(44)62-34-26-22-18-14-10-6-2/h29-32,37-40H,5-28,33-36H2,1-4H3. The number of aromatic nitrogens is 4. The van der Waals surface area contributed by atoms with Crippen molar-refractivity contribution in [3.63, 3.8) is 0 Å². The summed E-state index contributed by atoms with van der Waals surface area (Å²) in [6.07, 6.45) is 28.6. The van der Waals surface area contributed by atoms with Gasteiger partial charge in [0.15, 0.2) is 0 Å². The van der Waals surface area contributed by atoms with Crippen LogP contribution in [0.5, 0.6) is 23.0 Å². The third-order valence-electron chi connectivity index (χ3n) is 11.8. The van der Waals surface area contributed by atoms with E-state index in [9.17, 15) is 0 Å². The molecule has 0 fully saturated rings. The van der Waals surface area contributed by atoms with Crippen molar-refractivity contribution in [2.75, 3.05) is 26.4 Å². The largest absolute Gasteiger partial charge is 0.493 e. The predicted molar refractivity (Wildman–Crippen MR) is 275 cm³/mol. The average Bonchev–Trinajstić information content (AvgIpc) is 4.03. The van der Waals surface area contributed by atoms with E-state index in [4.69, 9.17) is 27.8 Å². The van der Waals surface area contributed by atoms with Crippen molar-refractivity contribution >= 4 is 31.9 Å². The van der Waals surface area contributed by atoms with Crippen LogP contribution in [0.4, 0.5) is 0 Å².